The molecule has 130 valence electrons. The van der Waals surface area contributed by atoms with Crippen molar-refractivity contribution in [3.63, 3.8) is 0 Å². The first-order valence-electron chi connectivity index (χ1n) is 7.97. The monoisotopic (exact) mass is 405 g/mol. The molecule has 1 aromatic carbocycles. The highest BCUT2D eigenvalue weighted by Crippen LogP contribution is 2.24. The Morgan fingerprint density at radius 2 is 2.00 bits per heavy atom. The zero-order valence-electron chi connectivity index (χ0n) is 13.5. The number of nitrogens with zero attached hydrogens (tertiary/aromatic N) is 1. The van der Waals surface area contributed by atoms with Crippen molar-refractivity contribution < 1.29 is 14.3 Å². The number of benzene rings is 1. The van der Waals surface area contributed by atoms with Gasteiger partial charge in [0, 0.05) is 6.54 Å². The fourth-order valence-corrected chi connectivity index (χ4v) is 3.08. The molecule has 1 aliphatic heterocycles. The van der Waals surface area contributed by atoms with Gasteiger partial charge in [0.15, 0.2) is 0 Å². The SMILES string of the molecule is CCOC(=O)C1CCN(CCCOc2ccccc2Br)CC1.Cl. The number of piperidine rings is 1. The zero-order valence-corrected chi connectivity index (χ0v) is 15.9. The van der Waals surface area contributed by atoms with Crippen LogP contribution < -0.4 is 4.74 Å². The van der Waals surface area contributed by atoms with Gasteiger partial charge in [0.05, 0.1) is 23.6 Å². The van der Waals surface area contributed by atoms with E-state index in [1.807, 2.05) is 31.2 Å². The molecule has 1 fully saturated rings. The first-order valence-corrected chi connectivity index (χ1v) is 8.76. The minimum absolute atomic E-state index is 0. The van der Waals surface area contributed by atoms with Crippen molar-refractivity contribution in [2.45, 2.75) is 26.2 Å². The standard InChI is InChI=1S/C17H24BrNO3.ClH/c1-2-21-17(20)14-8-11-19(12-9-14)10-5-13-22-16-7-4-3-6-15(16)18;/h3-4,6-7,14H,2,5,8-13H2,1H3;1H. The Morgan fingerprint density at radius 1 is 1.30 bits per heavy atom. The van der Waals surface area contributed by atoms with Crippen LogP contribution in [0.5, 0.6) is 5.75 Å². The summed E-state index contributed by atoms with van der Waals surface area (Å²) in [5, 5.41) is 0. The van der Waals surface area contributed by atoms with E-state index >= 15 is 0 Å². The van der Waals surface area contributed by atoms with E-state index < -0.39 is 0 Å². The number of likely N-dealkylation sites (tertiary alicyclic amines) is 1. The van der Waals surface area contributed by atoms with Crippen LogP contribution in [0, 0.1) is 5.92 Å². The third-order valence-electron chi connectivity index (χ3n) is 3.92. The first kappa shape index (κ1) is 20.3. The molecule has 1 aromatic rings. The van der Waals surface area contributed by atoms with Gasteiger partial charge in [-0.1, -0.05) is 12.1 Å². The molecule has 4 nitrogen and oxygen atoms in total. The number of carbonyl (C=O) groups excluding carboxylic acids is 1. The molecular weight excluding hydrogens is 382 g/mol. The van der Waals surface area contributed by atoms with Gasteiger partial charge in [-0.05, 0) is 67.3 Å². The topological polar surface area (TPSA) is 38.8 Å². The number of hydrogen-bond acceptors (Lipinski definition) is 4. The number of hydrogen-bond donors (Lipinski definition) is 0. The van der Waals surface area contributed by atoms with Crippen molar-refractivity contribution in [1.29, 1.82) is 0 Å². The number of esters is 1. The summed E-state index contributed by atoms with van der Waals surface area (Å²) in [5.41, 5.74) is 0. The summed E-state index contributed by atoms with van der Waals surface area (Å²) in [6.45, 7) is 6.00. The van der Waals surface area contributed by atoms with E-state index in [2.05, 4.69) is 20.8 Å². The molecule has 0 spiro atoms. The third-order valence-corrected chi connectivity index (χ3v) is 4.58. The Kier molecular flexibility index (Phi) is 9.60. The van der Waals surface area contributed by atoms with Gasteiger partial charge in [0.25, 0.3) is 0 Å². The quantitative estimate of drug-likeness (QED) is 0.508. The van der Waals surface area contributed by atoms with Gasteiger partial charge in [-0.2, -0.15) is 0 Å². The molecule has 0 radical (unpaired) electrons. The van der Waals surface area contributed by atoms with E-state index in [4.69, 9.17) is 9.47 Å². The summed E-state index contributed by atoms with van der Waals surface area (Å²) < 4.78 is 11.9. The second-order valence-corrected chi connectivity index (χ2v) is 6.35. The molecule has 2 rings (SSSR count). The Hall–Kier alpha value is -0.780. The van der Waals surface area contributed by atoms with E-state index in [1.165, 1.54) is 0 Å². The molecule has 0 atom stereocenters. The summed E-state index contributed by atoms with van der Waals surface area (Å²) in [6.07, 6.45) is 2.80. The number of para-hydroxylation sites is 1. The van der Waals surface area contributed by atoms with Crippen LogP contribution in [0.25, 0.3) is 0 Å². The Bertz CT molecular complexity index is 479. The second kappa shape index (κ2) is 10.9. The first-order chi connectivity index (χ1) is 10.7. The minimum atomic E-state index is -0.0283. The largest absolute Gasteiger partial charge is 0.492 e. The van der Waals surface area contributed by atoms with E-state index in [9.17, 15) is 4.79 Å². The molecule has 0 amide bonds. The van der Waals surface area contributed by atoms with Gasteiger partial charge in [-0.25, -0.2) is 0 Å². The molecule has 0 N–H and O–H groups in total. The molecule has 1 saturated heterocycles. The number of ether oxygens (including phenoxy) is 2. The predicted octanol–water partition coefficient (Wildman–Crippen LogP) is 3.91. The molecule has 0 unspecified atom stereocenters. The lowest BCUT2D eigenvalue weighted by molar-refractivity contribution is -0.149. The van der Waals surface area contributed by atoms with Crippen LogP contribution in [0.4, 0.5) is 0 Å². The molecule has 6 heteroatoms. The average molecular weight is 407 g/mol. The van der Waals surface area contributed by atoms with Gasteiger partial charge in [0.1, 0.15) is 5.75 Å². The van der Waals surface area contributed by atoms with Gasteiger partial charge >= 0.3 is 5.97 Å². The molecule has 0 aliphatic carbocycles. The fraction of sp³-hybridized carbons (Fsp3) is 0.588. The summed E-state index contributed by atoms with van der Waals surface area (Å²) in [7, 11) is 0. The maximum atomic E-state index is 11.7. The molecule has 0 bridgehead atoms. The summed E-state index contributed by atoms with van der Waals surface area (Å²) >= 11 is 3.48. The fourth-order valence-electron chi connectivity index (χ4n) is 2.68. The zero-order chi connectivity index (χ0) is 15.8. The smallest absolute Gasteiger partial charge is 0.309 e. The summed E-state index contributed by atoms with van der Waals surface area (Å²) in [6, 6.07) is 7.90. The van der Waals surface area contributed by atoms with Crippen molar-refractivity contribution in [2.75, 3.05) is 32.8 Å². The van der Waals surface area contributed by atoms with Crippen molar-refractivity contribution >= 4 is 34.3 Å². The van der Waals surface area contributed by atoms with Gasteiger partial charge in [-0.3, -0.25) is 4.79 Å². The van der Waals surface area contributed by atoms with Crippen LogP contribution in [0.2, 0.25) is 0 Å². The van der Waals surface area contributed by atoms with E-state index in [1.54, 1.807) is 0 Å². The Morgan fingerprint density at radius 3 is 2.65 bits per heavy atom. The number of halogens is 2. The Balaban J connectivity index is 0.00000264. The molecule has 1 heterocycles. The maximum absolute atomic E-state index is 11.7. The lowest BCUT2D eigenvalue weighted by atomic mass is 9.97. The second-order valence-electron chi connectivity index (χ2n) is 5.50. The lowest BCUT2D eigenvalue weighted by Crippen LogP contribution is -2.37. The van der Waals surface area contributed by atoms with Crippen molar-refractivity contribution in [1.82, 2.24) is 4.90 Å². The third kappa shape index (κ3) is 6.69. The highest BCUT2D eigenvalue weighted by atomic mass is 79.9. The van der Waals surface area contributed by atoms with Crippen LogP contribution in [-0.4, -0.2) is 43.7 Å². The van der Waals surface area contributed by atoms with E-state index in [-0.39, 0.29) is 24.3 Å². The van der Waals surface area contributed by atoms with Crippen LogP contribution in [0.15, 0.2) is 28.7 Å². The number of rotatable bonds is 7. The highest BCUT2D eigenvalue weighted by molar-refractivity contribution is 9.10. The highest BCUT2D eigenvalue weighted by Gasteiger charge is 2.25. The van der Waals surface area contributed by atoms with E-state index in [0.717, 1.165) is 49.1 Å². The molecule has 23 heavy (non-hydrogen) atoms. The van der Waals surface area contributed by atoms with Crippen molar-refractivity contribution in [2.24, 2.45) is 5.92 Å². The van der Waals surface area contributed by atoms with E-state index in [0.29, 0.717) is 13.2 Å². The van der Waals surface area contributed by atoms with Crippen molar-refractivity contribution in [3.8, 4) is 5.75 Å². The molecule has 1 aliphatic rings. The predicted molar refractivity (Wildman–Crippen MR) is 97.3 cm³/mol. The van der Waals surface area contributed by atoms with Gasteiger partial charge in [-0.15, -0.1) is 12.4 Å². The van der Waals surface area contributed by atoms with Crippen molar-refractivity contribution in [3.05, 3.63) is 28.7 Å². The Labute approximate surface area is 153 Å². The lowest BCUT2D eigenvalue weighted by Gasteiger charge is -2.30. The minimum Gasteiger partial charge on any atom is -0.492 e. The summed E-state index contributed by atoms with van der Waals surface area (Å²) in [4.78, 5) is 14.1. The summed E-state index contributed by atoms with van der Waals surface area (Å²) in [5.74, 6) is 0.954. The molecule has 0 aromatic heterocycles. The maximum Gasteiger partial charge on any atom is 0.309 e. The molecular formula is C17H25BrClNO3. The van der Waals surface area contributed by atoms with Crippen LogP contribution in [-0.2, 0) is 9.53 Å². The molecule has 0 saturated carbocycles. The number of carbonyl (C=O) groups is 1. The normalized spacial score (nSPS) is 15.7. The van der Waals surface area contributed by atoms with Crippen LogP contribution in [0.3, 0.4) is 0 Å². The van der Waals surface area contributed by atoms with Crippen LogP contribution in [0.1, 0.15) is 26.2 Å². The van der Waals surface area contributed by atoms with Gasteiger partial charge < -0.3 is 14.4 Å². The van der Waals surface area contributed by atoms with Gasteiger partial charge in [0.2, 0.25) is 0 Å². The van der Waals surface area contributed by atoms with Crippen LogP contribution >= 0.6 is 28.3 Å². The average Bonchev–Trinajstić information content (AvgIpc) is 2.54.